The van der Waals surface area contributed by atoms with Crippen molar-refractivity contribution in [1.29, 1.82) is 0 Å². The van der Waals surface area contributed by atoms with Crippen LogP contribution in [0.15, 0.2) is 18.2 Å². The minimum atomic E-state index is -0.687. The van der Waals surface area contributed by atoms with E-state index in [0.29, 0.717) is 12.5 Å². The molecule has 3 atom stereocenters. The number of hydrogen-bond acceptors (Lipinski definition) is 3. The van der Waals surface area contributed by atoms with E-state index in [2.05, 4.69) is 33.0 Å². The van der Waals surface area contributed by atoms with E-state index in [9.17, 15) is 4.79 Å². The Balaban J connectivity index is 2.12. The van der Waals surface area contributed by atoms with Gasteiger partial charge >= 0.3 is 0 Å². The average Bonchev–Trinajstić information content (AvgIpc) is 2.62. The predicted molar refractivity (Wildman–Crippen MR) is 107 cm³/mol. The number of amides is 1. The van der Waals surface area contributed by atoms with Gasteiger partial charge in [0.2, 0.25) is 0 Å². The van der Waals surface area contributed by atoms with Crippen LogP contribution < -0.4 is 10.1 Å². The van der Waals surface area contributed by atoms with Crippen LogP contribution >= 0.6 is 0 Å². The number of aryl methyl sites for hydroxylation is 1. The van der Waals surface area contributed by atoms with Crippen molar-refractivity contribution in [2.45, 2.75) is 84.8 Å². The van der Waals surface area contributed by atoms with E-state index >= 15 is 0 Å². The van der Waals surface area contributed by atoms with Gasteiger partial charge in [0.05, 0.1) is 6.10 Å². The van der Waals surface area contributed by atoms with E-state index in [-0.39, 0.29) is 12.0 Å². The summed E-state index contributed by atoms with van der Waals surface area (Å²) in [5.41, 5.74) is 1.15. The van der Waals surface area contributed by atoms with Gasteiger partial charge in [-0.05, 0) is 75.6 Å². The van der Waals surface area contributed by atoms with Gasteiger partial charge in [-0.15, -0.1) is 0 Å². The molecule has 0 heterocycles. The Morgan fingerprint density at radius 1 is 1.38 bits per heavy atom. The highest BCUT2D eigenvalue weighted by molar-refractivity contribution is 5.97. The molecule has 2 rings (SSSR count). The van der Waals surface area contributed by atoms with Gasteiger partial charge < -0.3 is 14.8 Å². The number of carbonyl (C=O) groups is 1. The van der Waals surface area contributed by atoms with Crippen LogP contribution in [0.3, 0.4) is 0 Å². The standard InChI is InChI=1S/C22H35NO3/c1-6-13-25-22(12-8-9-16(3)15-22)21(24)23-19-10-11-20(17(4)14-19)26-18(5)7-2/h10-11,14,16,18H,6-9,12-13,15H2,1-5H3,(H,23,24)/t16-,18+,22+/m1/s1. The highest BCUT2D eigenvalue weighted by Gasteiger charge is 2.42. The van der Waals surface area contributed by atoms with Crippen molar-refractivity contribution in [1.82, 2.24) is 0 Å². The SMILES string of the molecule is CCCO[C@@]1(C(=O)Nc2ccc(O[C@@H](C)CC)c(C)c2)CCC[C@@H](C)C1. The van der Waals surface area contributed by atoms with E-state index in [0.717, 1.165) is 49.1 Å². The number of rotatable bonds is 8. The normalized spacial score (nSPS) is 24.1. The van der Waals surface area contributed by atoms with E-state index in [1.54, 1.807) is 0 Å². The maximum absolute atomic E-state index is 13.1. The Morgan fingerprint density at radius 2 is 2.15 bits per heavy atom. The number of carbonyl (C=O) groups excluding carboxylic acids is 1. The largest absolute Gasteiger partial charge is 0.490 e. The topological polar surface area (TPSA) is 47.6 Å². The molecule has 1 saturated carbocycles. The first kappa shape index (κ1) is 20.8. The van der Waals surface area contributed by atoms with Crippen molar-refractivity contribution in [3.63, 3.8) is 0 Å². The molecule has 1 aliphatic carbocycles. The molecule has 1 aromatic carbocycles. The molecule has 0 bridgehead atoms. The third kappa shape index (κ3) is 5.23. The van der Waals surface area contributed by atoms with Crippen LogP contribution in [0.25, 0.3) is 0 Å². The summed E-state index contributed by atoms with van der Waals surface area (Å²) in [5.74, 6) is 1.38. The van der Waals surface area contributed by atoms with Gasteiger partial charge in [-0.2, -0.15) is 0 Å². The minimum Gasteiger partial charge on any atom is -0.490 e. The summed E-state index contributed by atoms with van der Waals surface area (Å²) in [5, 5.41) is 3.10. The van der Waals surface area contributed by atoms with Gasteiger partial charge in [-0.25, -0.2) is 0 Å². The average molecular weight is 362 g/mol. The molecule has 0 radical (unpaired) electrons. The summed E-state index contributed by atoms with van der Waals surface area (Å²) in [6, 6.07) is 5.85. The fourth-order valence-electron chi connectivity index (χ4n) is 3.61. The monoisotopic (exact) mass is 361 g/mol. The molecule has 4 heteroatoms. The molecule has 26 heavy (non-hydrogen) atoms. The zero-order chi connectivity index (χ0) is 19.2. The Bertz CT molecular complexity index is 601. The fraction of sp³-hybridized carbons (Fsp3) is 0.682. The molecule has 146 valence electrons. The molecule has 0 unspecified atom stereocenters. The Labute approximate surface area is 158 Å². The van der Waals surface area contributed by atoms with Gasteiger partial charge in [-0.3, -0.25) is 4.79 Å². The molecule has 1 aromatic rings. The maximum Gasteiger partial charge on any atom is 0.256 e. The molecule has 0 saturated heterocycles. The van der Waals surface area contributed by atoms with E-state index in [1.807, 2.05) is 25.1 Å². The number of ether oxygens (including phenoxy) is 2. The van der Waals surface area contributed by atoms with Crippen molar-refractivity contribution in [2.75, 3.05) is 11.9 Å². The summed E-state index contributed by atoms with van der Waals surface area (Å²) in [6.45, 7) is 11.1. The Kier molecular flexibility index (Phi) is 7.51. The van der Waals surface area contributed by atoms with Crippen molar-refractivity contribution >= 4 is 11.6 Å². The lowest BCUT2D eigenvalue weighted by atomic mass is 9.78. The summed E-state index contributed by atoms with van der Waals surface area (Å²) >= 11 is 0. The van der Waals surface area contributed by atoms with Gasteiger partial charge in [0, 0.05) is 12.3 Å². The molecular formula is C22H35NO3. The summed E-state index contributed by atoms with van der Waals surface area (Å²) < 4.78 is 12.0. The lowest BCUT2D eigenvalue weighted by Crippen LogP contribution is -2.48. The zero-order valence-electron chi connectivity index (χ0n) is 17.1. The van der Waals surface area contributed by atoms with Gasteiger partial charge in [-0.1, -0.05) is 27.2 Å². The highest BCUT2D eigenvalue weighted by atomic mass is 16.5. The van der Waals surface area contributed by atoms with Crippen molar-refractivity contribution in [3.05, 3.63) is 23.8 Å². The van der Waals surface area contributed by atoms with Crippen LogP contribution in [0.4, 0.5) is 5.69 Å². The lowest BCUT2D eigenvalue weighted by molar-refractivity contribution is -0.148. The second kappa shape index (κ2) is 9.40. The Hall–Kier alpha value is -1.55. The van der Waals surface area contributed by atoms with Crippen LogP contribution in [-0.4, -0.2) is 24.2 Å². The maximum atomic E-state index is 13.1. The van der Waals surface area contributed by atoms with Gasteiger partial charge in [0.1, 0.15) is 11.4 Å². The molecule has 1 aliphatic rings. The first-order chi connectivity index (χ1) is 12.4. The van der Waals surface area contributed by atoms with Crippen LogP contribution in [0, 0.1) is 12.8 Å². The van der Waals surface area contributed by atoms with Crippen molar-refractivity contribution in [3.8, 4) is 5.75 Å². The molecule has 4 nitrogen and oxygen atoms in total. The predicted octanol–water partition coefficient (Wildman–Crippen LogP) is 5.49. The summed E-state index contributed by atoms with van der Waals surface area (Å²) in [6.07, 6.45) is 5.88. The van der Waals surface area contributed by atoms with Crippen LogP contribution in [0.5, 0.6) is 5.75 Å². The molecule has 0 aliphatic heterocycles. The van der Waals surface area contributed by atoms with Crippen molar-refractivity contribution in [2.24, 2.45) is 5.92 Å². The van der Waals surface area contributed by atoms with Gasteiger partial charge in [0.15, 0.2) is 0 Å². The number of hydrogen-bond donors (Lipinski definition) is 1. The second-order valence-corrected chi connectivity index (χ2v) is 7.82. The molecule has 1 N–H and O–H groups in total. The fourth-order valence-corrected chi connectivity index (χ4v) is 3.61. The van der Waals surface area contributed by atoms with Gasteiger partial charge in [0.25, 0.3) is 5.91 Å². The minimum absolute atomic E-state index is 0.00695. The third-order valence-corrected chi connectivity index (χ3v) is 5.29. The molecule has 1 amide bonds. The van der Waals surface area contributed by atoms with E-state index in [4.69, 9.17) is 9.47 Å². The number of benzene rings is 1. The molecule has 0 aromatic heterocycles. The van der Waals surface area contributed by atoms with Crippen LogP contribution in [-0.2, 0) is 9.53 Å². The van der Waals surface area contributed by atoms with Crippen molar-refractivity contribution < 1.29 is 14.3 Å². The number of nitrogens with one attached hydrogen (secondary N) is 1. The van der Waals surface area contributed by atoms with Crippen LogP contribution in [0.2, 0.25) is 0 Å². The van der Waals surface area contributed by atoms with E-state index < -0.39 is 5.60 Å². The molecular weight excluding hydrogens is 326 g/mol. The summed E-state index contributed by atoms with van der Waals surface area (Å²) in [4.78, 5) is 13.1. The second-order valence-electron chi connectivity index (χ2n) is 7.82. The summed E-state index contributed by atoms with van der Waals surface area (Å²) in [7, 11) is 0. The Morgan fingerprint density at radius 3 is 2.77 bits per heavy atom. The smallest absolute Gasteiger partial charge is 0.256 e. The van der Waals surface area contributed by atoms with E-state index in [1.165, 1.54) is 6.42 Å². The first-order valence-electron chi connectivity index (χ1n) is 10.1. The number of anilines is 1. The molecule has 1 fully saturated rings. The highest BCUT2D eigenvalue weighted by Crippen LogP contribution is 2.36. The lowest BCUT2D eigenvalue weighted by Gasteiger charge is -2.38. The zero-order valence-corrected chi connectivity index (χ0v) is 17.1. The quantitative estimate of drug-likeness (QED) is 0.666. The van der Waals surface area contributed by atoms with Crippen LogP contribution in [0.1, 0.15) is 71.8 Å². The third-order valence-electron chi connectivity index (χ3n) is 5.29. The first-order valence-corrected chi connectivity index (χ1v) is 10.1. The molecule has 0 spiro atoms.